The largest absolute Gasteiger partial charge is 0.353 e. The third-order valence-electron chi connectivity index (χ3n) is 3.08. The molecule has 0 bridgehead atoms. The quantitative estimate of drug-likeness (QED) is 0.653. The van der Waals surface area contributed by atoms with Crippen molar-refractivity contribution in [3.8, 4) is 0 Å². The van der Waals surface area contributed by atoms with Crippen LogP contribution in [0.15, 0.2) is 0 Å². The monoisotopic (exact) mass is 242 g/mol. The topological polar surface area (TPSA) is 41.1 Å². The van der Waals surface area contributed by atoms with Gasteiger partial charge in [-0.15, -0.1) is 0 Å². The van der Waals surface area contributed by atoms with Crippen LogP contribution >= 0.6 is 0 Å². The molecule has 17 heavy (non-hydrogen) atoms. The van der Waals surface area contributed by atoms with E-state index >= 15 is 0 Å². The van der Waals surface area contributed by atoms with Gasteiger partial charge in [-0.3, -0.25) is 4.79 Å². The van der Waals surface area contributed by atoms with Gasteiger partial charge in [-0.1, -0.05) is 33.1 Å². The second kappa shape index (κ2) is 9.46. The van der Waals surface area contributed by atoms with Gasteiger partial charge in [-0.25, -0.2) is 0 Å². The lowest BCUT2D eigenvalue weighted by atomic mass is 9.99. The lowest BCUT2D eigenvalue weighted by molar-refractivity contribution is -0.123. The van der Waals surface area contributed by atoms with E-state index in [1.54, 1.807) is 0 Å². The molecule has 0 spiro atoms. The molecule has 1 amide bonds. The van der Waals surface area contributed by atoms with E-state index in [-0.39, 0.29) is 18.0 Å². The van der Waals surface area contributed by atoms with Gasteiger partial charge < -0.3 is 10.6 Å². The molecule has 0 radical (unpaired) electrons. The van der Waals surface area contributed by atoms with Gasteiger partial charge >= 0.3 is 0 Å². The molecular formula is C14H30N2O. The predicted octanol–water partition coefficient (Wildman–Crippen LogP) is 2.71. The van der Waals surface area contributed by atoms with E-state index in [1.807, 2.05) is 20.8 Å². The summed E-state index contributed by atoms with van der Waals surface area (Å²) >= 11 is 0. The van der Waals surface area contributed by atoms with Gasteiger partial charge in [0.2, 0.25) is 5.91 Å². The van der Waals surface area contributed by atoms with Crippen LogP contribution in [0.25, 0.3) is 0 Å². The van der Waals surface area contributed by atoms with Gasteiger partial charge in [-0.05, 0) is 39.7 Å². The first-order valence-electron chi connectivity index (χ1n) is 7.04. The Bertz CT molecular complexity index is 204. The van der Waals surface area contributed by atoms with Crippen LogP contribution in [0, 0.1) is 5.92 Å². The summed E-state index contributed by atoms with van der Waals surface area (Å²) < 4.78 is 0. The summed E-state index contributed by atoms with van der Waals surface area (Å²) in [4.78, 5) is 11.7. The highest BCUT2D eigenvalue weighted by Gasteiger charge is 2.14. The molecule has 0 aliphatic carbocycles. The maximum Gasteiger partial charge on any atom is 0.237 e. The molecule has 0 fully saturated rings. The van der Waals surface area contributed by atoms with Crippen molar-refractivity contribution in [3.63, 3.8) is 0 Å². The zero-order valence-corrected chi connectivity index (χ0v) is 12.2. The third-order valence-corrected chi connectivity index (χ3v) is 3.08. The summed E-state index contributed by atoms with van der Waals surface area (Å²) in [7, 11) is 0. The Morgan fingerprint density at radius 1 is 1.18 bits per heavy atom. The number of hydrogen-bond acceptors (Lipinski definition) is 2. The van der Waals surface area contributed by atoms with E-state index in [9.17, 15) is 4.79 Å². The maximum atomic E-state index is 11.7. The first-order chi connectivity index (χ1) is 8.01. The second-order valence-electron chi connectivity index (χ2n) is 5.21. The minimum atomic E-state index is -0.0897. The molecule has 0 aromatic carbocycles. The minimum Gasteiger partial charge on any atom is -0.353 e. The first-order valence-corrected chi connectivity index (χ1v) is 7.04. The van der Waals surface area contributed by atoms with Crippen molar-refractivity contribution >= 4 is 5.91 Å². The standard InChI is InChI=1S/C14H30N2O/c1-6-8-9-13(7-2)10-15-12(5)14(17)16-11(3)4/h11-13,15H,6-10H2,1-5H3,(H,16,17). The summed E-state index contributed by atoms with van der Waals surface area (Å²) in [5, 5.41) is 6.26. The van der Waals surface area contributed by atoms with Gasteiger partial charge in [0, 0.05) is 6.04 Å². The van der Waals surface area contributed by atoms with Crippen molar-refractivity contribution in [2.24, 2.45) is 5.92 Å². The summed E-state index contributed by atoms with van der Waals surface area (Å²) in [5.41, 5.74) is 0. The van der Waals surface area contributed by atoms with Crippen molar-refractivity contribution in [3.05, 3.63) is 0 Å². The highest BCUT2D eigenvalue weighted by Crippen LogP contribution is 2.11. The Morgan fingerprint density at radius 3 is 2.29 bits per heavy atom. The Labute approximate surface area is 107 Å². The average molecular weight is 242 g/mol. The van der Waals surface area contributed by atoms with Crippen LogP contribution in [0.4, 0.5) is 0 Å². The number of rotatable bonds is 9. The van der Waals surface area contributed by atoms with E-state index in [4.69, 9.17) is 0 Å². The fourth-order valence-electron chi connectivity index (χ4n) is 1.79. The zero-order chi connectivity index (χ0) is 13.3. The lowest BCUT2D eigenvalue weighted by Gasteiger charge is -2.20. The van der Waals surface area contributed by atoms with E-state index in [0.29, 0.717) is 5.92 Å². The van der Waals surface area contributed by atoms with Crippen molar-refractivity contribution in [2.75, 3.05) is 6.54 Å². The molecule has 3 heteroatoms. The van der Waals surface area contributed by atoms with Crippen LogP contribution in [-0.4, -0.2) is 24.5 Å². The van der Waals surface area contributed by atoms with Gasteiger partial charge in [-0.2, -0.15) is 0 Å². The molecule has 0 saturated heterocycles. The summed E-state index contributed by atoms with van der Waals surface area (Å²) in [6.07, 6.45) is 4.98. The fraction of sp³-hybridized carbons (Fsp3) is 0.929. The molecule has 0 aromatic heterocycles. The smallest absolute Gasteiger partial charge is 0.237 e. The molecule has 0 aromatic rings. The number of carbonyl (C=O) groups excluding carboxylic acids is 1. The highest BCUT2D eigenvalue weighted by atomic mass is 16.2. The molecule has 102 valence electrons. The number of nitrogens with one attached hydrogen (secondary N) is 2. The normalized spacial score (nSPS) is 14.7. The minimum absolute atomic E-state index is 0.0897. The van der Waals surface area contributed by atoms with Crippen molar-refractivity contribution in [1.29, 1.82) is 0 Å². The number of unbranched alkanes of at least 4 members (excludes halogenated alkanes) is 1. The predicted molar refractivity (Wildman–Crippen MR) is 74.0 cm³/mol. The van der Waals surface area contributed by atoms with Crippen LogP contribution < -0.4 is 10.6 Å². The molecule has 0 rings (SSSR count). The van der Waals surface area contributed by atoms with Crippen molar-refractivity contribution in [2.45, 2.75) is 72.4 Å². The van der Waals surface area contributed by atoms with Crippen molar-refractivity contribution < 1.29 is 4.79 Å². The Kier molecular flexibility index (Phi) is 9.14. The van der Waals surface area contributed by atoms with E-state index < -0.39 is 0 Å². The molecule has 0 aliphatic rings. The Hall–Kier alpha value is -0.570. The molecule has 0 saturated carbocycles. The zero-order valence-electron chi connectivity index (χ0n) is 12.2. The van der Waals surface area contributed by atoms with Crippen LogP contribution in [0.2, 0.25) is 0 Å². The molecule has 2 N–H and O–H groups in total. The number of hydrogen-bond donors (Lipinski definition) is 2. The van der Waals surface area contributed by atoms with Gasteiger partial charge in [0.15, 0.2) is 0 Å². The van der Waals surface area contributed by atoms with Gasteiger partial charge in [0.05, 0.1) is 6.04 Å². The molecule has 0 heterocycles. The Balaban J connectivity index is 3.86. The van der Waals surface area contributed by atoms with Crippen LogP contribution in [0.1, 0.15) is 60.3 Å². The average Bonchev–Trinajstić information content (AvgIpc) is 2.28. The fourth-order valence-corrected chi connectivity index (χ4v) is 1.79. The van der Waals surface area contributed by atoms with Crippen LogP contribution in [0.3, 0.4) is 0 Å². The molecule has 2 atom stereocenters. The molecular weight excluding hydrogens is 212 g/mol. The maximum absolute atomic E-state index is 11.7. The molecule has 0 aliphatic heterocycles. The summed E-state index contributed by atoms with van der Waals surface area (Å²) in [5.74, 6) is 0.801. The van der Waals surface area contributed by atoms with E-state index in [0.717, 1.165) is 6.54 Å². The summed E-state index contributed by atoms with van der Waals surface area (Å²) in [6.45, 7) is 11.3. The van der Waals surface area contributed by atoms with Gasteiger partial charge in [0.1, 0.15) is 0 Å². The summed E-state index contributed by atoms with van der Waals surface area (Å²) in [6, 6.07) is 0.127. The van der Waals surface area contributed by atoms with Crippen LogP contribution in [0.5, 0.6) is 0 Å². The van der Waals surface area contributed by atoms with E-state index in [1.165, 1.54) is 25.7 Å². The van der Waals surface area contributed by atoms with Gasteiger partial charge in [0.25, 0.3) is 0 Å². The van der Waals surface area contributed by atoms with Crippen LogP contribution in [-0.2, 0) is 4.79 Å². The number of carbonyl (C=O) groups is 1. The second-order valence-corrected chi connectivity index (χ2v) is 5.21. The molecule has 3 nitrogen and oxygen atoms in total. The Morgan fingerprint density at radius 2 is 1.82 bits per heavy atom. The van der Waals surface area contributed by atoms with Crippen molar-refractivity contribution in [1.82, 2.24) is 10.6 Å². The lowest BCUT2D eigenvalue weighted by Crippen LogP contribution is -2.45. The third kappa shape index (κ3) is 8.19. The number of amides is 1. The SMILES string of the molecule is CCCCC(CC)CNC(C)C(=O)NC(C)C. The van der Waals surface area contributed by atoms with E-state index in [2.05, 4.69) is 24.5 Å². The first kappa shape index (κ1) is 16.4. The molecule has 2 unspecified atom stereocenters. The highest BCUT2D eigenvalue weighted by molar-refractivity contribution is 5.81.